The van der Waals surface area contributed by atoms with Crippen molar-refractivity contribution >= 4 is 5.69 Å². The van der Waals surface area contributed by atoms with Crippen molar-refractivity contribution in [2.45, 2.75) is 34.6 Å². The summed E-state index contributed by atoms with van der Waals surface area (Å²) in [7, 11) is 2.19. The number of hydrogen-bond donors (Lipinski definition) is 1. The Balaban J connectivity index is 2.72. The Bertz CT molecular complexity index is 383. The van der Waals surface area contributed by atoms with E-state index < -0.39 is 0 Å². The lowest BCUT2D eigenvalue weighted by Gasteiger charge is -2.32. The Morgan fingerprint density at radius 3 is 2.44 bits per heavy atom. The van der Waals surface area contributed by atoms with Crippen LogP contribution in [0.1, 0.15) is 31.9 Å². The van der Waals surface area contributed by atoms with Crippen molar-refractivity contribution in [2.24, 2.45) is 5.41 Å². The normalized spacial score (nSPS) is 11.7. The minimum atomic E-state index is 0.280. The molecule has 0 heterocycles. The first kappa shape index (κ1) is 15.0. The molecule has 18 heavy (non-hydrogen) atoms. The zero-order chi connectivity index (χ0) is 13.8. The van der Waals surface area contributed by atoms with Gasteiger partial charge in [0, 0.05) is 25.8 Å². The summed E-state index contributed by atoms with van der Waals surface area (Å²) in [5.74, 6) is 0. The molecular formula is C16H28N2. The second-order valence-corrected chi connectivity index (χ2v) is 6.09. The maximum atomic E-state index is 3.44. The van der Waals surface area contributed by atoms with Crippen LogP contribution < -0.4 is 10.2 Å². The molecule has 0 radical (unpaired) electrons. The van der Waals surface area contributed by atoms with E-state index in [1.54, 1.807) is 0 Å². The van der Waals surface area contributed by atoms with E-state index >= 15 is 0 Å². The number of nitrogens with zero attached hydrogens (tertiary/aromatic N) is 1. The lowest BCUT2D eigenvalue weighted by Crippen LogP contribution is -2.39. The molecule has 0 saturated carbocycles. The molecule has 1 aromatic rings. The molecule has 1 N–H and O–H groups in total. The summed E-state index contributed by atoms with van der Waals surface area (Å²) < 4.78 is 0. The van der Waals surface area contributed by atoms with E-state index in [1.807, 2.05) is 0 Å². The van der Waals surface area contributed by atoms with Crippen LogP contribution in [0.15, 0.2) is 18.2 Å². The van der Waals surface area contributed by atoms with E-state index in [9.17, 15) is 0 Å². The molecule has 0 saturated heterocycles. The van der Waals surface area contributed by atoms with Crippen molar-refractivity contribution in [1.29, 1.82) is 0 Å². The van der Waals surface area contributed by atoms with Crippen LogP contribution in [0.4, 0.5) is 5.69 Å². The predicted molar refractivity (Wildman–Crippen MR) is 81.5 cm³/mol. The van der Waals surface area contributed by atoms with Crippen molar-refractivity contribution in [3.63, 3.8) is 0 Å². The molecule has 0 spiro atoms. The highest BCUT2D eigenvalue weighted by Gasteiger charge is 2.20. The van der Waals surface area contributed by atoms with Crippen molar-refractivity contribution in [3.8, 4) is 0 Å². The van der Waals surface area contributed by atoms with E-state index in [1.165, 1.54) is 16.8 Å². The molecule has 0 aliphatic heterocycles. The predicted octanol–water partition coefficient (Wildman–Crippen LogP) is 3.38. The molecule has 1 aromatic carbocycles. The number of aryl methyl sites for hydroxylation is 2. The Hall–Kier alpha value is -1.02. The van der Waals surface area contributed by atoms with Crippen LogP contribution in [0.5, 0.6) is 0 Å². The highest BCUT2D eigenvalue weighted by molar-refractivity contribution is 5.53. The molecule has 0 aliphatic carbocycles. The molecule has 0 atom stereocenters. The van der Waals surface area contributed by atoms with Crippen LogP contribution >= 0.6 is 0 Å². The summed E-state index contributed by atoms with van der Waals surface area (Å²) >= 11 is 0. The number of nitrogens with one attached hydrogen (secondary N) is 1. The van der Waals surface area contributed by atoms with E-state index in [-0.39, 0.29) is 5.41 Å². The van der Waals surface area contributed by atoms with Gasteiger partial charge < -0.3 is 10.2 Å². The van der Waals surface area contributed by atoms with E-state index in [4.69, 9.17) is 0 Å². The molecule has 0 aromatic heterocycles. The second kappa shape index (κ2) is 6.24. The van der Waals surface area contributed by atoms with Gasteiger partial charge in [-0.15, -0.1) is 0 Å². The van der Waals surface area contributed by atoms with E-state index in [2.05, 4.69) is 70.1 Å². The largest absolute Gasteiger partial charge is 0.374 e. The first-order valence-electron chi connectivity index (χ1n) is 6.85. The minimum Gasteiger partial charge on any atom is -0.374 e. The maximum absolute atomic E-state index is 3.44. The topological polar surface area (TPSA) is 15.3 Å². The Morgan fingerprint density at radius 1 is 1.22 bits per heavy atom. The molecule has 0 aliphatic rings. The number of hydrogen-bond acceptors (Lipinski definition) is 2. The zero-order valence-corrected chi connectivity index (χ0v) is 12.8. The number of rotatable bonds is 6. The molecule has 0 bridgehead atoms. The molecule has 2 heteroatoms. The quantitative estimate of drug-likeness (QED) is 0.830. The van der Waals surface area contributed by atoms with Gasteiger partial charge in [-0.05, 0) is 37.4 Å². The van der Waals surface area contributed by atoms with Crippen LogP contribution in [0, 0.1) is 19.3 Å². The van der Waals surface area contributed by atoms with E-state index in [0.29, 0.717) is 0 Å². The van der Waals surface area contributed by atoms with Gasteiger partial charge in [0.25, 0.3) is 0 Å². The number of anilines is 1. The van der Waals surface area contributed by atoms with Crippen molar-refractivity contribution in [1.82, 2.24) is 5.32 Å². The molecule has 0 unspecified atom stereocenters. The standard InChI is InChI=1S/C16H28N2/c1-7-17-11-16(4,5)12-18(6)15-9-8-13(2)10-14(15)3/h8-10,17H,7,11-12H2,1-6H3. The fraction of sp³-hybridized carbons (Fsp3) is 0.625. The first-order chi connectivity index (χ1) is 8.35. The SMILES string of the molecule is CCNCC(C)(C)CN(C)c1ccc(C)cc1C. The highest BCUT2D eigenvalue weighted by Crippen LogP contribution is 2.24. The summed E-state index contributed by atoms with van der Waals surface area (Å²) in [6.45, 7) is 14.3. The summed E-state index contributed by atoms with van der Waals surface area (Å²) in [5, 5.41) is 3.44. The van der Waals surface area contributed by atoms with Crippen molar-refractivity contribution in [2.75, 3.05) is 31.6 Å². The Labute approximate surface area is 112 Å². The van der Waals surface area contributed by atoms with Gasteiger partial charge in [0.05, 0.1) is 0 Å². The van der Waals surface area contributed by atoms with Gasteiger partial charge in [0.15, 0.2) is 0 Å². The lowest BCUT2D eigenvalue weighted by atomic mass is 9.92. The molecule has 1 rings (SSSR count). The van der Waals surface area contributed by atoms with Gasteiger partial charge in [0.1, 0.15) is 0 Å². The molecule has 2 nitrogen and oxygen atoms in total. The molecule has 102 valence electrons. The van der Waals surface area contributed by atoms with Crippen LogP contribution in [0.3, 0.4) is 0 Å². The third kappa shape index (κ3) is 4.34. The van der Waals surface area contributed by atoms with E-state index in [0.717, 1.165) is 19.6 Å². The lowest BCUT2D eigenvalue weighted by molar-refractivity contribution is 0.350. The van der Waals surface area contributed by atoms with Gasteiger partial charge in [-0.3, -0.25) is 0 Å². The fourth-order valence-corrected chi connectivity index (χ4v) is 2.48. The van der Waals surface area contributed by atoms with Gasteiger partial charge >= 0.3 is 0 Å². The third-order valence-corrected chi connectivity index (χ3v) is 3.28. The summed E-state index contributed by atoms with van der Waals surface area (Å²) in [6, 6.07) is 6.67. The zero-order valence-electron chi connectivity index (χ0n) is 12.8. The fourth-order valence-electron chi connectivity index (χ4n) is 2.48. The van der Waals surface area contributed by atoms with Crippen LogP contribution in [-0.2, 0) is 0 Å². The highest BCUT2D eigenvalue weighted by atomic mass is 15.1. The van der Waals surface area contributed by atoms with Gasteiger partial charge in [0.2, 0.25) is 0 Å². The minimum absolute atomic E-state index is 0.280. The van der Waals surface area contributed by atoms with Gasteiger partial charge in [-0.25, -0.2) is 0 Å². The summed E-state index contributed by atoms with van der Waals surface area (Å²) in [5.41, 5.74) is 4.31. The van der Waals surface area contributed by atoms with Crippen LogP contribution in [-0.4, -0.2) is 26.7 Å². The van der Waals surface area contributed by atoms with Crippen molar-refractivity contribution < 1.29 is 0 Å². The summed E-state index contributed by atoms with van der Waals surface area (Å²) in [4.78, 5) is 2.37. The van der Waals surface area contributed by atoms with Crippen LogP contribution in [0.25, 0.3) is 0 Å². The third-order valence-electron chi connectivity index (χ3n) is 3.28. The van der Waals surface area contributed by atoms with Gasteiger partial charge in [-0.2, -0.15) is 0 Å². The average Bonchev–Trinajstić information content (AvgIpc) is 2.25. The number of benzene rings is 1. The van der Waals surface area contributed by atoms with Gasteiger partial charge in [-0.1, -0.05) is 38.5 Å². The second-order valence-electron chi connectivity index (χ2n) is 6.09. The smallest absolute Gasteiger partial charge is 0.0393 e. The molecule has 0 fully saturated rings. The summed E-state index contributed by atoms with van der Waals surface area (Å²) in [6.07, 6.45) is 0. The van der Waals surface area contributed by atoms with Crippen molar-refractivity contribution in [3.05, 3.63) is 29.3 Å². The van der Waals surface area contributed by atoms with Crippen LogP contribution in [0.2, 0.25) is 0 Å². The Morgan fingerprint density at radius 2 is 1.89 bits per heavy atom. The maximum Gasteiger partial charge on any atom is 0.0393 e. The average molecular weight is 248 g/mol. The monoisotopic (exact) mass is 248 g/mol. The molecule has 0 amide bonds. The Kier molecular flexibility index (Phi) is 5.21. The molecular weight excluding hydrogens is 220 g/mol. The first-order valence-corrected chi connectivity index (χ1v) is 6.85.